The molecule has 0 saturated carbocycles. The summed E-state index contributed by atoms with van der Waals surface area (Å²) in [6.45, 7) is 4.10. The lowest BCUT2D eigenvalue weighted by molar-refractivity contribution is -0.137. The molecule has 0 aliphatic carbocycles. The van der Waals surface area contributed by atoms with Crippen LogP contribution < -0.4 is 27.0 Å². The highest BCUT2D eigenvalue weighted by molar-refractivity contribution is 8.12. The maximum absolute atomic E-state index is 13.3. The van der Waals surface area contributed by atoms with Gasteiger partial charge in [0.15, 0.2) is 0 Å². The Morgan fingerprint density at radius 2 is 1.58 bits per heavy atom. The van der Waals surface area contributed by atoms with E-state index in [1.54, 1.807) is 44.4 Å². The molecule has 0 saturated heterocycles. The summed E-state index contributed by atoms with van der Waals surface area (Å²) in [5.41, 5.74) is 6.30. The van der Waals surface area contributed by atoms with Gasteiger partial charge in [-0.1, -0.05) is 32.4 Å². The van der Waals surface area contributed by atoms with Crippen molar-refractivity contribution in [1.82, 2.24) is 20.9 Å². The highest BCUT2D eigenvalue weighted by atomic mass is 32.2. The minimum absolute atomic E-state index is 0.0834. The number of imide groups is 1. The molecule has 1 aromatic carbocycles. The number of unbranched alkanes of at least 4 members (excludes halogenated alkanes) is 2. The molecule has 45 heavy (non-hydrogen) atoms. The van der Waals surface area contributed by atoms with Crippen LogP contribution in [0.4, 0.5) is 15.3 Å². The van der Waals surface area contributed by atoms with Gasteiger partial charge in [0.05, 0.1) is 0 Å². The Labute approximate surface area is 266 Å². The van der Waals surface area contributed by atoms with Crippen LogP contribution in [-0.2, 0) is 35.3 Å². The Hall–Kier alpha value is -4.40. The molecule has 14 nitrogen and oxygen atoms in total. The number of urea groups is 1. The van der Waals surface area contributed by atoms with Crippen molar-refractivity contribution in [3.05, 3.63) is 42.0 Å². The zero-order valence-corrected chi connectivity index (χ0v) is 26.6. The second-order valence-corrected chi connectivity index (χ2v) is 11.4. The Kier molecular flexibility index (Phi) is 15.6. The predicted octanol–water partition coefficient (Wildman–Crippen LogP) is 2.18. The number of primary amides is 1. The van der Waals surface area contributed by atoms with Crippen LogP contribution >= 0.6 is 11.8 Å². The maximum atomic E-state index is 13.3. The van der Waals surface area contributed by atoms with Crippen molar-refractivity contribution in [2.24, 2.45) is 11.7 Å². The van der Waals surface area contributed by atoms with Crippen LogP contribution in [0, 0.1) is 5.92 Å². The molecular formula is C30H42N6O8S. The van der Waals surface area contributed by atoms with Crippen LogP contribution in [0.15, 0.2) is 36.4 Å². The Balaban J connectivity index is 1.94. The number of hydrogen-bond acceptors (Lipinski definition) is 9. The van der Waals surface area contributed by atoms with Crippen LogP contribution in [0.1, 0.15) is 57.9 Å². The average Bonchev–Trinajstić information content (AvgIpc) is 3.32. The standard InChI is InChI=1S/C30H42N6O8S/c1-19(2)26(35-23(37)9-5-4-6-17-36-24(38)14-15-25(36)39)28(41)34-22(8-7-16-32-29(31)42)27(40)33-21-12-10-20(11-13-21)18-44-30(43)45-3/h10-15,19,22,26H,4-9,16-18H2,1-3H3,(H,33,40)(H,34,41)(H,35,37)(H3,31,32,42)/t22-,26-/m1/s1. The Morgan fingerprint density at radius 1 is 0.911 bits per heavy atom. The molecular weight excluding hydrogens is 604 g/mol. The molecule has 7 amide bonds. The first-order valence-corrected chi connectivity index (χ1v) is 15.9. The van der Waals surface area contributed by atoms with E-state index in [1.807, 2.05) is 0 Å². The minimum atomic E-state index is -0.988. The van der Waals surface area contributed by atoms with Gasteiger partial charge in [0.25, 0.3) is 11.8 Å². The van der Waals surface area contributed by atoms with E-state index in [1.165, 1.54) is 12.2 Å². The summed E-state index contributed by atoms with van der Waals surface area (Å²) in [7, 11) is 0. The summed E-state index contributed by atoms with van der Waals surface area (Å²) in [6, 6.07) is 4.07. The van der Waals surface area contributed by atoms with Gasteiger partial charge in [0.1, 0.15) is 18.7 Å². The third-order valence-corrected chi connectivity index (χ3v) is 7.25. The van der Waals surface area contributed by atoms with Crippen LogP contribution in [-0.4, -0.2) is 77.2 Å². The van der Waals surface area contributed by atoms with Crippen LogP contribution in [0.3, 0.4) is 0 Å². The molecule has 15 heteroatoms. The third-order valence-electron chi connectivity index (χ3n) is 6.80. The van der Waals surface area contributed by atoms with Gasteiger partial charge in [-0.3, -0.25) is 28.9 Å². The van der Waals surface area contributed by atoms with E-state index in [9.17, 15) is 33.6 Å². The van der Waals surface area contributed by atoms with Crippen molar-refractivity contribution in [2.45, 2.75) is 71.1 Å². The fraction of sp³-hybridized carbons (Fsp3) is 0.500. The number of nitrogens with zero attached hydrogens (tertiary/aromatic N) is 1. The van der Waals surface area contributed by atoms with Gasteiger partial charge in [-0.25, -0.2) is 9.59 Å². The van der Waals surface area contributed by atoms with E-state index in [4.69, 9.17) is 10.5 Å². The van der Waals surface area contributed by atoms with Crippen molar-refractivity contribution in [2.75, 3.05) is 24.7 Å². The summed E-state index contributed by atoms with van der Waals surface area (Å²) in [4.78, 5) is 86.0. The summed E-state index contributed by atoms with van der Waals surface area (Å²) in [6.07, 6.45) is 6.39. The monoisotopic (exact) mass is 646 g/mol. The summed E-state index contributed by atoms with van der Waals surface area (Å²) >= 11 is 0.961. The second-order valence-electron chi connectivity index (χ2n) is 10.7. The Morgan fingerprint density at radius 3 is 2.18 bits per heavy atom. The van der Waals surface area contributed by atoms with Gasteiger partial charge in [-0.2, -0.15) is 0 Å². The molecule has 1 aliphatic heterocycles. The minimum Gasteiger partial charge on any atom is -0.453 e. The lowest BCUT2D eigenvalue weighted by atomic mass is 10.0. The third kappa shape index (κ3) is 13.4. The van der Waals surface area contributed by atoms with Gasteiger partial charge in [0.2, 0.25) is 17.7 Å². The van der Waals surface area contributed by atoms with Crippen molar-refractivity contribution < 1.29 is 38.3 Å². The molecule has 2 rings (SSSR count). The lowest BCUT2D eigenvalue weighted by Crippen LogP contribution is -2.54. The molecule has 1 aliphatic rings. The summed E-state index contributed by atoms with van der Waals surface area (Å²) < 4.78 is 5.07. The lowest BCUT2D eigenvalue weighted by Gasteiger charge is -2.25. The number of hydrogen-bond donors (Lipinski definition) is 5. The molecule has 1 heterocycles. The summed E-state index contributed by atoms with van der Waals surface area (Å²) in [5.74, 6) is -2.35. The molecule has 0 bridgehead atoms. The number of anilines is 1. The number of nitrogens with one attached hydrogen (secondary N) is 4. The fourth-order valence-electron chi connectivity index (χ4n) is 4.33. The molecule has 2 atom stereocenters. The smallest absolute Gasteiger partial charge is 0.367 e. The predicted molar refractivity (Wildman–Crippen MR) is 169 cm³/mol. The SMILES string of the molecule is CSC(=O)OCc1ccc(NC(=O)[C@@H](CCCNC(N)=O)NC(=O)[C@H](NC(=O)CCCCCN2C(=O)C=CC2=O)C(C)C)cc1. The largest absolute Gasteiger partial charge is 0.453 e. The number of carbonyl (C=O) groups is 7. The van der Waals surface area contributed by atoms with Crippen LogP contribution in [0.25, 0.3) is 0 Å². The highest BCUT2D eigenvalue weighted by Gasteiger charge is 2.29. The molecule has 1 aromatic rings. The number of rotatable bonds is 18. The molecule has 0 unspecified atom stereocenters. The van der Waals surface area contributed by atoms with Crippen molar-refractivity contribution in [1.29, 1.82) is 0 Å². The van der Waals surface area contributed by atoms with Gasteiger partial charge in [-0.05, 0) is 67.3 Å². The highest BCUT2D eigenvalue weighted by Crippen LogP contribution is 2.14. The maximum Gasteiger partial charge on any atom is 0.367 e. The van der Waals surface area contributed by atoms with E-state index >= 15 is 0 Å². The number of ether oxygens (including phenoxy) is 1. The zero-order chi connectivity index (χ0) is 33.4. The van der Waals surface area contributed by atoms with Crippen molar-refractivity contribution in [3.63, 3.8) is 0 Å². The van der Waals surface area contributed by atoms with Crippen molar-refractivity contribution in [3.8, 4) is 0 Å². The Bertz CT molecular complexity index is 1240. The number of thioether (sulfide) groups is 1. The van der Waals surface area contributed by atoms with Gasteiger partial charge < -0.3 is 31.7 Å². The van der Waals surface area contributed by atoms with Crippen LogP contribution in [0.5, 0.6) is 0 Å². The van der Waals surface area contributed by atoms with Gasteiger partial charge >= 0.3 is 11.3 Å². The fourth-order valence-corrected chi connectivity index (χ4v) is 4.50. The number of amides is 7. The van der Waals surface area contributed by atoms with Crippen molar-refractivity contribution >= 4 is 58.3 Å². The first-order valence-electron chi connectivity index (χ1n) is 14.7. The first kappa shape index (κ1) is 36.8. The van der Waals surface area contributed by atoms with E-state index in [0.29, 0.717) is 31.4 Å². The summed E-state index contributed by atoms with van der Waals surface area (Å²) in [5, 5.41) is 10.3. The number of nitrogens with two attached hydrogens (primary N) is 1. The molecule has 0 fully saturated rings. The van der Waals surface area contributed by atoms with Crippen LogP contribution in [0.2, 0.25) is 0 Å². The average molecular weight is 647 g/mol. The molecule has 6 N–H and O–H groups in total. The number of benzene rings is 1. The van der Waals surface area contributed by atoms with E-state index in [-0.39, 0.29) is 56.2 Å². The van der Waals surface area contributed by atoms with E-state index in [0.717, 1.165) is 22.2 Å². The molecule has 0 spiro atoms. The normalized spacial score (nSPS) is 13.7. The first-order chi connectivity index (χ1) is 21.4. The zero-order valence-electron chi connectivity index (χ0n) is 25.8. The van der Waals surface area contributed by atoms with Gasteiger partial charge in [0, 0.05) is 37.3 Å². The molecule has 0 radical (unpaired) electrons. The number of carbonyl (C=O) groups excluding carboxylic acids is 7. The van der Waals surface area contributed by atoms with E-state index in [2.05, 4.69) is 21.3 Å². The topological polar surface area (TPSA) is 206 Å². The van der Waals surface area contributed by atoms with Gasteiger partial charge in [-0.15, -0.1) is 0 Å². The van der Waals surface area contributed by atoms with E-state index < -0.39 is 35.2 Å². The quantitative estimate of drug-likeness (QED) is 0.0899. The molecule has 0 aromatic heterocycles. The second kappa shape index (κ2) is 19.1. The molecule has 246 valence electrons.